The highest BCUT2D eigenvalue weighted by Crippen LogP contribution is 2.27. The first-order valence-electron chi connectivity index (χ1n) is 8.59. The predicted molar refractivity (Wildman–Crippen MR) is 99.9 cm³/mol. The highest BCUT2D eigenvalue weighted by Gasteiger charge is 2.29. The molecule has 2 rings (SSSR count). The van der Waals surface area contributed by atoms with E-state index in [1.807, 2.05) is 34.9 Å². The zero-order valence-corrected chi connectivity index (χ0v) is 16.3. The summed E-state index contributed by atoms with van der Waals surface area (Å²) < 4.78 is 5.27. The second-order valence-corrected chi connectivity index (χ2v) is 7.81. The third-order valence-corrected chi connectivity index (χ3v) is 4.34. The molecule has 1 atom stereocenters. The molecule has 0 aliphatic carbocycles. The monoisotopic (exact) mass is 343 g/mol. The zero-order valence-electron chi connectivity index (χ0n) is 16.3. The van der Waals surface area contributed by atoms with Crippen LogP contribution >= 0.6 is 0 Å². The van der Waals surface area contributed by atoms with Crippen molar-refractivity contribution in [2.45, 2.75) is 46.1 Å². The molecule has 0 spiro atoms. The Morgan fingerprint density at radius 3 is 2.32 bits per heavy atom. The average molecular weight is 343 g/mol. The van der Waals surface area contributed by atoms with Gasteiger partial charge in [-0.1, -0.05) is 55.8 Å². The van der Waals surface area contributed by atoms with Crippen LogP contribution in [-0.2, 0) is 5.41 Å². The molecule has 0 fully saturated rings. The molecule has 0 saturated heterocycles. The number of aryl methyl sites for hydroxylation is 2. The molecule has 5 nitrogen and oxygen atoms in total. The summed E-state index contributed by atoms with van der Waals surface area (Å²) in [6, 6.07) is 8.50. The number of carbonyl (C=O) groups is 1. The van der Waals surface area contributed by atoms with E-state index in [1.165, 1.54) is 11.1 Å². The molecule has 0 saturated carbocycles. The maximum absolute atomic E-state index is 12.8. The van der Waals surface area contributed by atoms with Gasteiger partial charge in [-0.3, -0.25) is 4.79 Å². The molecular formula is C20H29N3O2. The lowest BCUT2D eigenvalue weighted by molar-refractivity contribution is 0.0938. The van der Waals surface area contributed by atoms with Gasteiger partial charge in [0.2, 0.25) is 0 Å². The second kappa shape index (κ2) is 7.40. The number of aromatic nitrogens is 1. The van der Waals surface area contributed by atoms with Crippen molar-refractivity contribution >= 4 is 5.91 Å². The molecule has 1 aromatic heterocycles. The third-order valence-electron chi connectivity index (χ3n) is 4.34. The number of hydrogen-bond donors (Lipinski definition) is 1. The van der Waals surface area contributed by atoms with Gasteiger partial charge in [0, 0.05) is 12.0 Å². The molecule has 1 unspecified atom stereocenters. The van der Waals surface area contributed by atoms with Crippen LogP contribution in [-0.4, -0.2) is 36.6 Å². The lowest BCUT2D eigenvalue weighted by Crippen LogP contribution is -2.35. The van der Waals surface area contributed by atoms with Crippen LogP contribution in [0.2, 0.25) is 0 Å². The van der Waals surface area contributed by atoms with Crippen LogP contribution in [0.3, 0.4) is 0 Å². The summed E-state index contributed by atoms with van der Waals surface area (Å²) in [4.78, 5) is 14.9. The van der Waals surface area contributed by atoms with Crippen LogP contribution in [0.15, 0.2) is 28.8 Å². The molecule has 1 heterocycles. The Labute approximate surface area is 150 Å². The fourth-order valence-corrected chi connectivity index (χ4v) is 2.82. The first-order chi connectivity index (χ1) is 11.6. The normalized spacial score (nSPS) is 13.1. The maximum atomic E-state index is 12.8. The van der Waals surface area contributed by atoms with E-state index in [4.69, 9.17) is 4.52 Å². The molecule has 0 aliphatic rings. The fraction of sp³-hybridized carbons (Fsp3) is 0.500. The first kappa shape index (κ1) is 19.2. The summed E-state index contributed by atoms with van der Waals surface area (Å²) in [6.45, 7) is 10.4. The van der Waals surface area contributed by atoms with Crippen molar-refractivity contribution in [3.05, 3.63) is 52.4 Å². The Kier molecular flexibility index (Phi) is 5.68. The molecule has 136 valence electrons. The Hall–Kier alpha value is -2.14. The van der Waals surface area contributed by atoms with Gasteiger partial charge in [0.15, 0.2) is 0 Å². The quantitative estimate of drug-likeness (QED) is 0.901. The molecule has 0 aliphatic heterocycles. The van der Waals surface area contributed by atoms with Gasteiger partial charge in [-0.25, -0.2) is 0 Å². The van der Waals surface area contributed by atoms with Crippen molar-refractivity contribution in [1.29, 1.82) is 0 Å². The molecule has 1 aromatic carbocycles. The lowest BCUT2D eigenvalue weighted by Gasteiger charge is -2.25. The minimum absolute atomic E-state index is 0.0998. The van der Waals surface area contributed by atoms with Crippen molar-refractivity contribution in [3.63, 3.8) is 0 Å². The van der Waals surface area contributed by atoms with E-state index in [0.29, 0.717) is 23.6 Å². The predicted octanol–water partition coefficient (Wildman–Crippen LogP) is 3.62. The number of nitrogens with one attached hydrogen (secondary N) is 1. The molecule has 1 amide bonds. The van der Waals surface area contributed by atoms with E-state index in [2.05, 4.69) is 46.6 Å². The van der Waals surface area contributed by atoms with Crippen molar-refractivity contribution in [2.24, 2.45) is 0 Å². The van der Waals surface area contributed by atoms with Crippen LogP contribution in [0, 0.1) is 13.8 Å². The molecule has 25 heavy (non-hydrogen) atoms. The van der Waals surface area contributed by atoms with E-state index in [0.717, 1.165) is 0 Å². The van der Waals surface area contributed by atoms with E-state index < -0.39 is 0 Å². The Balaban J connectivity index is 2.18. The van der Waals surface area contributed by atoms with Gasteiger partial charge in [0.1, 0.15) is 17.0 Å². The van der Waals surface area contributed by atoms with Gasteiger partial charge in [0.05, 0.1) is 6.04 Å². The van der Waals surface area contributed by atoms with Crippen molar-refractivity contribution < 1.29 is 9.32 Å². The number of hydrogen-bond acceptors (Lipinski definition) is 4. The standard InChI is InChI=1S/C20H29N3O2/c1-13-8-10-15(11-9-13)16(23(6)7)12-21-19(24)17-14(2)25-22-18(17)20(3,4)5/h8-11,16H,12H2,1-7H3,(H,21,24). The Morgan fingerprint density at radius 1 is 1.20 bits per heavy atom. The summed E-state index contributed by atoms with van der Waals surface area (Å²) in [5.74, 6) is 0.418. The van der Waals surface area contributed by atoms with Crippen LogP contribution in [0.25, 0.3) is 0 Å². The number of amides is 1. The van der Waals surface area contributed by atoms with Crippen molar-refractivity contribution in [1.82, 2.24) is 15.4 Å². The van der Waals surface area contributed by atoms with Crippen LogP contribution < -0.4 is 5.32 Å². The Morgan fingerprint density at radius 2 is 1.80 bits per heavy atom. The van der Waals surface area contributed by atoms with E-state index >= 15 is 0 Å². The zero-order chi connectivity index (χ0) is 18.8. The lowest BCUT2D eigenvalue weighted by atomic mass is 9.88. The summed E-state index contributed by atoms with van der Waals surface area (Å²) in [5, 5.41) is 7.14. The smallest absolute Gasteiger partial charge is 0.256 e. The number of benzene rings is 1. The van der Waals surface area contributed by atoms with Gasteiger partial charge in [0.25, 0.3) is 5.91 Å². The number of likely N-dealkylation sites (N-methyl/N-ethyl adjacent to an activating group) is 1. The fourth-order valence-electron chi connectivity index (χ4n) is 2.82. The Bertz CT molecular complexity index is 724. The average Bonchev–Trinajstić information content (AvgIpc) is 2.90. The third kappa shape index (κ3) is 4.48. The van der Waals surface area contributed by atoms with Gasteiger partial charge < -0.3 is 14.7 Å². The van der Waals surface area contributed by atoms with Crippen molar-refractivity contribution in [3.8, 4) is 0 Å². The number of rotatable bonds is 5. The van der Waals surface area contributed by atoms with Crippen LogP contribution in [0.1, 0.15) is 59.8 Å². The number of nitrogens with zero attached hydrogens (tertiary/aromatic N) is 2. The summed E-state index contributed by atoms with van der Waals surface area (Å²) in [6.07, 6.45) is 0. The molecule has 1 N–H and O–H groups in total. The maximum Gasteiger partial charge on any atom is 0.256 e. The molecule has 2 aromatic rings. The van der Waals surface area contributed by atoms with Crippen LogP contribution in [0.5, 0.6) is 0 Å². The molecule has 0 radical (unpaired) electrons. The largest absolute Gasteiger partial charge is 0.361 e. The number of carbonyl (C=O) groups excluding carboxylic acids is 1. The van der Waals surface area contributed by atoms with Gasteiger partial charge in [-0.05, 0) is 33.5 Å². The van der Waals surface area contributed by atoms with E-state index in [9.17, 15) is 4.79 Å². The minimum Gasteiger partial charge on any atom is -0.361 e. The SMILES string of the molecule is Cc1ccc(C(CNC(=O)c2c(C(C)(C)C)noc2C)N(C)C)cc1. The molecule has 0 bridgehead atoms. The second-order valence-electron chi connectivity index (χ2n) is 7.81. The molecule has 5 heteroatoms. The highest BCUT2D eigenvalue weighted by molar-refractivity contribution is 5.96. The first-order valence-corrected chi connectivity index (χ1v) is 8.59. The minimum atomic E-state index is -0.248. The summed E-state index contributed by atoms with van der Waals surface area (Å²) in [7, 11) is 4.03. The van der Waals surface area contributed by atoms with E-state index in [1.54, 1.807) is 6.92 Å². The topological polar surface area (TPSA) is 58.4 Å². The van der Waals surface area contributed by atoms with E-state index in [-0.39, 0.29) is 17.4 Å². The highest BCUT2D eigenvalue weighted by atomic mass is 16.5. The van der Waals surface area contributed by atoms with Crippen LogP contribution in [0.4, 0.5) is 0 Å². The summed E-state index contributed by atoms with van der Waals surface area (Å²) in [5.41, 5.74) is 3.39. The summed E-state index contributed by atoms with van der Waals surface area (Å²) >= 11 is 0. The van der Waals surface area contributed by atoms with Gasteiger partial charge >= 0.3 is 0 Å². The molecular weight excluding hydrogens is 314 g/mol. The van der Waals surface area contributed by atoms with Gasteiger partial charge in [-0.15, -0.1) is 0 Å². The van der Waals surface area contributed by atoms with Crippen molar-refractivity contribution in [2.75, 3.05) is 20.6 Å². The van der Waals surface area contributed by atoms with Gasteiger partial charge in [-0.2, -0.15) is 0 Å².